The zero-order chi connectivity index (χ0) is 18.0. The van der Waals surface area contributed by atoms with Gasteiger partial charge in [0.15, 0.2) is 0 Å². The number of amides is 1. The topological polar surface area (TPSA) is 48.5 Å². The van der Waals surface area contributed by atoms with E-state index in [2.05, 4.69) is 48.8 Å². The molecule has 1 fully saturated rings. The number of hydrogen-bond donors (Lipinski definition) is 1. The van der Waals surface area contributed by atoms with Crippen LogP contribution in [0.2, 0.25) is 0 Å². The number of nitrogens with one attached hydrogen (secondary N) is 1. The molecular formula is C20H26N4O. The summed E-state index contributed by atoms with van der Waals surface area (Å²) in [6.45, 7) is 7.65. The van der Waals surface area contributed by atoms with Crippen LogP contribution >= 0.6 is 0 Å². The van der Waals surface area contributed by atoms with Gasteiger partial charge >= 0.3 is 0 Å². The van der Waals surface area contributed by atoms with Gasteiger partial charge in [-0.25, -0.2) is 4.98 Å². The molecule has 1 aliphatic rings. The van der Waals surface area contributed by atoms with Gasteiger partial charge in [-0.1, -0.05) is 6.58 Å². The first-order chi connectivity index (χ1) is 12.0. The minimum atomic E-state index is -0.203. The van der Waals surface area contributed by atoms with Crippen LogP contribution in [0.3, 0.4) is 0 Å². The van der Waals surface area contributed by atoms with Gasteiger partial charge in [0.25, 0.3) is 0 Å². The Kier molecular flexibility index (Phi) is 5.04. The third-order valence-electron chi connectivity index (χ3n) is 4.97. The number of rotatable bonds is 4. The molecule has 0 radical (unpaired) electrons. The molecular weight excluding hydrogens is 312 g/mol. The molecule has 0 aliphatic carbocycles. The second-order valence-electron chi connectivity index (χ2n) is 6.90. The number of pyridine rings is 1. The number of fused-ring (bicyclic) bond motifs is 1. The van der Waals surface area contributed by atoms with E-state index in [1.54, 1.807) is 0 Å². The van der Waals surface area contributed by atoms with Crippen molar-refractivity contribution in [2.24, 2.45) is 0 Å². The zero-order valence-corrected chi connectivity index (χ0v) is 15.2. The molecule has 2 heterocycles. The smallest absolute Gasteiger partial charge is 0.247 e. The lowest BCUT2D eigenvalue weighted by atomic mass is 10.0. The molecule has 5 heteroatoms. The van der Waals surface area contributed by atoms with Crippen molar-refractivity contribution in [2.45, 2.75) is 25.8 Å². The fourth-order valence-corrected chi connectivity index (χ4v) is 3.42. The summed E-state index contributed by atoms with van der Waals surface area (Å²) in [5.74, 6) is 0.843. The van der Waals surface area contributed by atoms with Crippen molar-refractivity contribution < 1.29 is 4.79 Å². The van der Waals surface area contributed by atoms with E-state index < -0.39 is 0 Å². The molecule has 1 N–H and O–H groups in total. The van der Waals surface area contributed by atoms with Gasteiger partial charge in [-0.05, 0) is 69.8 Å². The molecule has 1 aromatic heterocycles. The van der Waals surface area contributed by atoms with E-state index in [1.807, 2.05) is 18.2 Å². The van der Waals surface area contributed by atoms with Crippen molar-refractivity contribution in [1.29, 1.82) is 0 Å². The summed E-state index contributed by atoms with van der Waals surface area (Å²) in [5, 5.41) is 3.87. The van der Waals surface area contributed by atoms with Crippen LogP contribution in [0, 0.1) is 6.92 Å². The highest BCUT2D eigenvalue weighted by atomic mass is 16.1. The van der Waals surface area contributed by atoms with Crippen molar-refractivity contribution in [3.05, 3.63) is 42.5 Å². The van der Waals surface area contributed by atoms with Crippen LogP contribution in [-0.2, 0) is 4.79 Å². The SMILES string of the molecule is C=CC(=O)Nc1ccc2nc(N3CCC(N(C)C)CC3)cc(C)c2c1. The third kappa shape index (κ3) is 3.82. The summed E-state index contributed by atoms with van der Waals surface area (Å²) in [5.41, 5.74) is 2.90. The molecule has 1 saturated heterocycles. The lowest BCUT2D eigenvalue weighted by Crippen LogP contribution is -2.42. The minimum Gasteiger partial charge on any atom is -0.356 e. The summed E-state index contributed by atoms with van der Waals surface area (Å²) in [4.78, 5) is 21.0. The molecule has 1 aromatic carbocycles. The van der Waals surface area contributed by atoms with Crippen LogP contribution in [0.5, 0.6) is 0 Å². The van der Waals surface area contributed by atoms with E-state index >= 15 is 0 Å². The van der Waals surface area contributed by atoms with E-state index in [4.69, 9.17) is 4.98 Å². The lowest BCUT2D eigenvalue weighted by Gasteiger charge is -2.36. The number of benzene rings is 1. The molecule has 25 heavy (non-hydrogen) atoms. The molecule has 2 aromatic rings. The molecule has 0 bridgehead atoms. The molecule has 132 valence electrons. The fraction of sp³-hybridized carbons (Fsp3) is 0.400. The van der Waals surface area contributed by atoms with E-state index in [1.165, 1.54) is 11.6 Å². The molecule has 0 atom stereocenters. The van der Waals surface area contributed by atoms with Crippen molar-refractivity contribution in [3.63, 3.8) is 0 Å². The highest BCUT2D eigenvalue weighted by Gasteiger charge is 2.21. The first kappa shape index (κ1) is 17.4. The molecule has 1 amide bonds. The molecule has 0 saturated carbocycles. The second kappa shape index (κ2) is 7.23. The van der Waals surface area contributed by atoms with E-state index in [0.717, 1.165) is 48.3 Å². The Morgan fingerprint density at radius 3 is 2.68 bits per heavy atom. The molecule has 3 rings (SSSR count). The molecule has 0 spiro atoms. The van der Waals surface area contributed by atoms with Crippen LogP contribution < -0.4 is 10.2 Å². The van der Waals surface area contributed by atoms with Gasteiger partial charge < -0.3 is 15.1 Å². The summed E-state index contributed by atoms with van der Waals surface area (Å²) in [6, 6.07) is 8.64. The first-order valence-electron chi connectivity index (χ1n) is 8.74. The summed E-state index contributed by atoms with van der Waals surface area (Å²) in [7, 11) is 4.31. The van der Waals surface area contributed by atoms with Crippen molar-refractivity contribution >= 4 is 28.3 Å². The van der Waals surface area contributed by atoms with Crippen molar-refractivity contribution in [2.75, 3.05) is 37.4 Å². The quantitative estimate of drug-likeness (QED) is 0.870. The summed E-state index contributed by atoms with van der Waals surface area (Å²) >= 11 is 0. The number of aryl methyl sites for hydroxylation is 1. The number of nitrogens with zero attached hydrogens (tertiary/aromatic N) is 3. The van der Waals surface area contributed by atoms with Gasteiger partial charge in [0.05, 0.1) is 5.52 Å². The predicted octanol–water partition coefficient (Wildman–Crippen LogP) is 3.20. The number of hydrogen-bond acceptors (Lipinski definition) is 4. The fourth-order valence-electron chi connectivity index (χ4n) is 3.42. The average Bonchev–Trinajstić information content (AvgIpc) is 2.62. The monoisotopic (exact) mass is 338 g/mol. The van der Waals surface area contributed by atoms with Crippen LogP contribution in [0.4, 0.5) is 11.5 Å². The Bertz CT molecular complexity index is 792. The maximum absolute atomic E-state index is 11.5. The highest BCUT2D eigenvalue weighted by Crippen LogP contribution is 2.27. The molecule has 1 aliphatic heterocycles. The first-order valence-corrected chi connectivity index (χ1v) is 8.74. The van der Waals surface area contributed by atoms with Crippen molar-refractivity contribution in [1.82, 2.24) is 9.88 Å². The van der Waals surface area contributed by atoms with Gasteiger partial charge in [-0.3, -0.25) is 4.79 Å². The molecule has 5 nitrogen and oxygen atoms in total. The average molecular weight is 338 g/mol. The van der Waals surface area contributed by atoms with Crippen LogP contribution in [-0.4, -0.2) is 49.0 Å². The summed E-state index contributed by atoms with van der Waals surface area (Å²) < 4.78 is 0. The molecule has 0 unspecified atom stereocenters. The van der Waals surface area contributed by atoms with Crippen LogP contribution in [0.1, 0.15) is 18.4 Å². The normalized spacial score (nSPS) is 15.6. The van der Waals surface area contributed by atoms with Crippen molar-refractivity contribution in [3.8, 4) is 0 Å². The Hall–Kier alpha value is -2.40. The van der Waals surface area contributed by atoms with Crippen LogP contribution in [0.15, 0.2) is 36.9 Å². The maximum atomic E-state index is 11.5. The van der Waals surface area contributed by atoms with E-state index in [-0.39, 0.29) is 5.91 Å². The Balaban J connectivity index is 1.83. The lowest BCUT2D eigenvalue weighted by molar-refractivity contribution is -0.111. The van der Waals surface area contributed by atoms with E-state index in [0.29, 0.717) is 6.04 Å². The third-order valence-corrected chi connectivity index (χ3v) is 4.97. The number of piperidine rings is 1. The van der Waals surface area contributed by atoms with Gasteiger partial charge in [0, 0.05) is 30.2 Å². The Morgan fingerprint density at radius 2 is 2.04 bits per heavy atom. The zero-order valence-electron chi connectivity index (χ0n) is 15.2. The predicted molar refractivity (Wildman–Crippen MR) is 104 cm³/mol. The van der Waals surface area contributed by atoms with Gasteiger partial charge in [-0.2, -0.15) is 0 Å². The number of anilines is 2. The highest BCUT2D eigenvalue weighted by molar-refractivity contribution is 6.00. The number of carbonyl (C=O) groups excluding carboxylic acids is 1. The standard InChI is InChI=1S/C20H26N4O/c1-5-20(25)21-15-6-7-18-17(13-15)14(2)12-19(22-18)24-10-8-16(9-11-24)23(3)4/h5-7,12-13,16H,1,8-11H2,2-4H3,(H,21,25). The Labute approximate surface area is 149 Å². The largest absolute Gasteiger partial charge is 0.356 e. The Morgan fingerprint density at radius 1 is 1.32 bits per heavy atom. The van der Waals surface area contributed by atoms with E-state index in [9.17, 15) is 4.79 Å². The van der Waals surface area contributed by atoms with Gasteiger partial charge in [0.2, 0.25) is 5.91 Å². The number of carbonyl (C=O) groups is 1. The number of aromatic nitrogens is 1. The second-order valence-corrected chi connectivity index (χ2v) is 6.90. The summed E-state index contributed by atoms with van der Waals surface area (Å²) in [6.07, 6.45) is 3.60. The van der Waals surface area contributed by atoms with Gasteiger partial charge in [0.1, 0.15) is 5.82 Å². The van der Waals surface area contributed by atoms with Crippen LogP contribution in [0.25, 0.3) is 10.9 Å². The maximum Gasteiger partial charge on any atom is 0.247 e. The minimum absolute atomic E-state index is 0.203. The van der Waals surface area contributed by atoms with Gasteiger partial charge in [-0.15, -0.1) is 0 Å².